The van der Waals surface area contributed by atoms with Crippen LogP contribution < -0.4 is 0 Å². The molecule has 1 N–H and O–H groups in total. The van der Waals surface area contributed by atoms with Gasteiger partial charge in [0, 0.05) is 12.8 Å². The number of rotatable bonds is 5. The van der Waals surface area contributed by atoms with E-state index in [2.05, 4.69) is 0 Å². The van der Waals surface area contributed by atoms with Crippen molar-refractivity contribution in [1.29, 1.82) is 0 Å². The molecule has 0 aliphatic rings. The summed E-state index contributed by atoms with van der Waals surface area (Å²) in [7, 11) is 0. The van der Waals surface area contributed by atoms with Crippen molar-refractivity contribution in [2.75, 3.05) is 0 Å². The van der Waals surface area contributed by atoms with Gasteiger partial charge < -0.3 is 5.11 Å². The monoisotopic (exact) mass is 206 g/mol. The fraction of sp³-hybridized carbons (Fsp3) is 0.462. The number of carbonyl (C=O) groups excluding carboxylic acids is 1. The van der Waals surface area contributed by atoms with E-state index < -0.39 is 6.10 Å². The molecule has 0 aromatic heterocycles. The summed E-state index contributed by atoms with van der Waals surface area (Å²) in [5, 5.41) is 9.67. The van der Waals surface area contributed by atoms with Crippen molar-refractivity contribution in [2.24, 2.45) is 5.92 Å². The molecule has 0 saturated heterocycles. The van der Waals surface area contributed by atoms with Gasteiger partial charge in [0.15, 0.2) is 5.78 Å². The topological polar surface area (TPSA) is 37.3 Å². The molecule has 0 saturated carbocycles. The molecule has 1 aromatic carbocycles. The van der Waals surface area contributed by atoms with Gasteiger partial charge in [-0.05, 0) is 11.5 Å². The molecule has 0 fully saturated rings. The highest BCUT2D eigenvalue weighted by atomic mass is 16.3. The van der Waals surface area contributed by atoms with Crippen molar-refractivity contribution in [3.05, 3.63) is 35.9 Å². The first-order valence-corrected chi connectivity index (χ1v) is 5.34. The van der Waals surface area contributed by atoms with Crippen molar-refractivity contribution < 1.29 is 9.90 Å². The second-order valence-electron chi connectivity index (χ2n) is 4.27. The molecule has 0 unspecified atom stereocenters. The maximum atomic E-state index is 11.5. The van der Waals surface area contributed by atoms with Crippen LogP contribution in [-0.4, -0.2) is 17.0 Å². The van der Waals surface area contributed by atoms with Crippen molar-refractivity contribution >= 4 is 5.78 Å². The summed E-state index contributed by atoms with van der Waals surface area (Å²) in [5.74, 6) is 0.247. The SMILES string of the molecule is CC(C)CC(=O)[C@H](O)Cc1ccccc1. The van der Waals surface area contributed by atoms with E-state index in [-0.39, 0.29) is 5.78 Å². The van der Waals surface area contributed by atoms with E-state index in [9.17, 15) is 9.90 Å². The van der Waals surface area contributed by atoms with Gasteiger partial charge in [-0.25, -0.2) is 0 Å². The van der Waals surface area contributed by atoms with E-state index in [0.717, 1.165) is 5.56 Å². The number of carbonyl (C=O) groups is 1. The fourth-order valence-corrected chi connectivity index (χ4v) is 1.49. The Labute approximate surface area is 90.9 Å². The molecule has 0 aliphatic heterocycles. The van der Waals surface area contributed by atoms with Gasteiger partial charge in [0.25, 0.3) is 0 Å². The summed E-state index contributed by atoms with van der Waals surface area (Å²) in [4.78, 5) is 11.5. The molecule has 0 radical (unpaired) electrons. The van der Waals surface area contributed by atoms with Gasteiger partial charge in [-0.3, -0.25) is 4.79 Å². The average molecular weight is 206 g/mol. The Kier molecular flexibility index (Phi) is 4.50. The minimum absolute atomic E-state index is 0.0612. The number of hydrogen-bond donors (Lipinski definition) is 1. The molecule has 0 amide bonds. The lowest BCUT2D eigenvalue weighted by Gasteiger charge is -2.11. The molecule has 15 heavy (non-hydrogen) atoms. The van der Waals surface area contributed by atoms with Crippen LogP contribution in [0.5, 0.6) is 0 Å². The molecule has 82 valence electrons. The summed E-state index contributed by atoms with van der Waals surface area (Å²) < 4.78 is 0. The number of aliphatic hydroxyl groups is 1. The first-order valence-electron chi connectivity index (χ1n) is 5.34. The predicted octanol–water partition coefficient (Wildman–Crippen LogP) is 2.21. The van der Waals surface area contributed by atoms with Gasteiger partial charge in [0.1, 0.15) is 6.10 Å². The molecule has 1 atom stereocenters. The second-order valence-corrected chi connectivity index (χ2v) is 4.27. The first-order chi connectivity index (χ1) is 7.09. The Morgan fingerprint density at radius 1 is 1.27 bits per heavy atom. The summed E-state index contributed by atoms with van der Waals surface area (Å²) in [6.45, 7) is 3.96. The number of aliphatic hydroxyl groups excluding tert-OH is 1. The van der Waals surface area contributed by atoms with E-state index in [1.807, 2.05) is 44.2 Å². The Morgan fingerprint density at radius 2 is 1.87 bits per heavy atom. The van der Waals surface area contributed by atoms with Crippen LogP contribution in [0.1, 0.15) is 25.8 Å². The molecule has 0 aliphatic carbocycles. The van der Waals surface area contributed by atoms with E-state index in [1.165, 1.54) is 0 Å². The van der Waals surface area contributed by atoms with Crippen molar-refractivity contribution in [1.82, 2.24) is 0 Å². The third kappa shape index (κ3) is 4.26. The standard InChI is InChI=1S/C13H18O2/c1-10(2)8-12(14)13(15)9-11-6-4-3-5-7-11/h3-7,10,13,15H,8-9H2,1-2H3/t13-/m1/s1. The lowest BCUT2D eigenvalue weighted by Crippen LogP contribution is -2.24. The Balaban J connectivity index is 2.49. The van der Waals surface area contributed by atoms with Gasteiger partial charge in [0.05, 0.1) is 0 Å². The third-order valence-corrected chi connectivity index (χ3v) is 2.25. The Morgan fingerprint density at radius 3 is 2.40 bits per heavy atom. The van der Waals surface area contributed by atoms with Crippen LogP contribution in [-0.2, 0) is 11.2 Å². The zero-order valence-corrected chi connectivity index (χ0v) is 9.31. The quantitative estimate of drug-likeness (QED) is 0.802. The van der Waals surface area contributed by atoms with Gasteiger partial charge >= 0.3 is 0 Å². The van der Waals surface area contributed by atoms with Crippen LogP contribution in [0.15, 0.2) is 30.3 Å². The lowest BCUT2D eigenvalue weighted by molar-refractivity contribution is -0.127. The maximum absolute atomic E-state index is 11.5. The zero-order valence-electron chi connectivity index (χ0n) is 9.31. The fourth-order valence-electron chi connectivity index (χ4n) is 1.49. The van der Waals surface area contributed by atoms with Gasteiger partial charge in [-0.2, -0.15) is 0 Å². The highest BCUT2D eigenvalue weighted by molar-refractivity contribution is 5.83. The van der Waals surface area contributed by atoms with E-state index >= 15 is 0 Å². The molecule has 0 spiro atoms. The number of hydrogen-bond acceptors (Lipinski definition) is 2. The van der Waals surface area contributed by atoms with Gasteiger partial charge in [-0.1, -0.05) is 44.2 Å². The minimum Gasteiger partial charge on any atom is -0.385 e. The van der Waals surface area contributed by atoms with Crippen molar-refractivity contribution in [3.63, 3.8) is 0 Å². The normalized spacial score (nSPS) is 12.8. The lowest BCUT2D eigenvalue weighted by atomic mass is 9.99. The summed E-state index contributed by atoms with van der Waals surface area (Å²) >= 11 is 0. The molecular weight excluding hydrogens is 188 g/mol. The molecule has 0 bridgehead atoms. The van der Waals surface area contributed by atoms with E-state index in [0.29, 0.717) is 18.8 Å². The van der Waals surface area contributed by atoms with E-state index in [4.69, 9.17) is 0 Å². The Hall–Kier alpha value is -1.15. The third-order valence-electron chi connectivity index (χ3n) is 2.25. The minimum atomic E-state index is -0.852. The number of benzene rings is 1. The molecule has 1 aromatic rings. The molecule has 2 heteroatoms. The number of ketones is 1. The Bertz CT molecular complexity index is 304. The summed E-state index contributed by atoms with van der Waals surface area (Å²) in [6, 6.07) is 9.59. The van der Waals surface area contributed by atoms with Crippen molar-refractivity contribution in [2.45, 2.75) is 32.8 Å². The summed E-state index contributed by atoms with van der Waals surface area (Å²) in [5.41, 5.74) is 1.00. The van der Waals surface area contributed by atoms with Gasteiger partial charge in [-0.15, -0.1) is 0 Å². The average Bonchev–Trinajstić information content (AvgIpc) is 2.18. The predicted molar refractivity (Wildman–Crippen MR) is 60.6 cm³/mol. The van der Waals surface area contributed by atoms with Gasteiger partial charge in [0.2, 0.25) is 0 Å². The highest BCUT2D eigenvalue weighted by Gasteiger charge is 2.16. The largest absolute Gasteiger partial charge is 0.385 e. The highest BCUT2D eigenvalue weighted by Crippen LogP contribution is 2.08. The maximum Gasteiger partial charge on any atom is 0.161 e. The second kappa shape index (κ2) is 5.66. The van der Waals surface area contributed by atoms with E-state index in [1.54, 1.807) is 0 Å². The van der Waals surface area contributed by atoms with Crippen LogP contribution in [0.25, 0.3) is 0 Å². The zero-order chi connectivity index (χ0) is 11.3. The first kappa shape index (κ1) is 11.9. The summed E-state index contributed by atoms with van der Waals surface area (Å²) in [6.07, 6.45) is 0.0234. The molecule has 0 heterocycles. The molecule has 2 nitrogen and oxygen atoms in total. The van der Waals surface area contributed by atoms with Crippen LogP contribution in [0.3, 0.4) is 0 Å². The van der Waals surface area contributed by atoms with Crippen LogP contribution in [0, 0.1) is 5.92 Å². The molecular formula is C13H18O2. The van der Waals surface area contributed by atoms with Crippen molar-refractivity contribution in [3.8, 4) is 0 Å². The van der Waals surface area contributed by atoms with Crippen LogP contribution in [0.4, 0.5) is 0 Å². The van der Waals surface area contributed by atoms with Crippen LogP contribution in [0.2, 0.25) is 0 Å². The molecule has 1 rings (SSSR count). The number of Topliss-reactive ketones (excluding diaryl/α,β-unsaturated/α-hetero) is 1. The smallest absolute Gasteiger partial charge is 0.161 e. The van der Waals surface area contributed by atoms with Crippen LogP contribution >= 0.6 is 0 Å².